The lowest BCUT2D eigenvalue weighted by Crippen LogP contribution is -2.45. The van der Waals surface area contributed by atoms with Crippen LogP contribution in [-0.2, 0) is 4.79 Å². The highest BCUT2D eigenvalue weighted by Gasteiger charge is 2.42. The summed E-state index contributed by atoms with van der Waals surface area (Å²) in [5.74, 6) is -1.19. The molecule has 0 spiro atoms. The van der Waals surface area contributed by atoms with E-state index in [1.54, 1.807) is 19.2 Å². The zero-order chi connectivity index (χ0) is 19.3. The van der Waals surface area contributed by atoms with Crippen LogP contribution >= 0.6 is 0 Å². The fourth-order valence-corrected chi connectivity index (χ4v) is 2.77. The number of carbonyl (C=O) groups is 2. The van der Waals surface area contributed by atoms with Crippen molar-refractivity contribution in [3.63, 3.8) is 0 Å². The van der Waals surface area contributed by atoms with Crippen LogP contribution in [0.4, 0.5) is 18.0 Å². The Labute approximate surface area is 149 Å². The van der Waals surface area contributed by atoms with Crippen LogP contribution in [0, 0.1) is 0 Å². The summed E-state index contributed by atoms with van der Waals surface area (Å²) in [7, 11) is 1.55. The molecular weight excluding hydrogens is 351 g/mol. The lowest BCUT2D eigenvalue weighted by atomic mass is 10.1. The predicted octanol–water partition coefficient (Wildman–Crippen LogP) is 2.56. The summed E-state index contributed by atoms with van der Waals surface area (Å²) < 4.78 is 42.8. The second-order valence-corrected chi connectivity index (χ2v) is 6.08. The van der Waals surface area contributed by atoms with E-state index in [4.69, 9.17) is 4.74 Å². The van der Waals surface area contributed by atoms with Gasteiger partial charge in [0.2, 0.25) is 0 Å². The monoisotopic (exact) mass is 373 g/mol. The molecule has 1 N–H and O–H groups in total. The molecule has 0 radical (unpaired) electrons. The van der Waals surface area contributed by atoms with Gasteiger partial charge in [-0.3, -0.25) is 4.79 Å². The number of urea groups is 1. The Balaban J connectivity index is 1.94. The van der Waals surface area contributed by atoms with Gasteiger partial charge in [-0.2, -0.15) is 13.2 Å². The van der Waals surface area contributed by atoms with E-state index in [0.717, 1.165) is 10.5 Å². The fourth-order valence-electron chi connectivity index (χ4n) is 2.77. The van der Waals surface area contributed by atoms with Gasteiger partial charge in [-0.15, -0.1) is 0 Å². The van der Waals surface area contributed by atoms with Gasteiger partial charge in [0.05, 0.1) is 13.2 Å². The van der Waals surface area contributed by atoms with Crippen LogP contribution in [0.2, 0.25) is 0 Å². The average Bonchev–Trinajstić information content (AvgIpc) is 2.86. The average molecular weight is 373 g/mol. The third-order valence-electron chi connectivity index (χ3n) is 4.25. The number of alkyl halides is 3. The molecule has 1 heterocycles. The molecule has 0 aliphatic carbocycles. The number of hydrogen-bond acceptors (Lipinski definition) is 3. The maximum absolute atomic E-state index is 12.5. The largest absolute Gasteiger partial charge is 0.497 e. The molecule has 0 bridgehead atoms. The van der Waals surface area contributed by atoms with Crippen molar-refractivity contribution in [3.05, 3.63) is 29.8 Å². The van der Waals surface area contributed by atoms with Gasteiger partial charge < -0.3 is 19.9 Å². The first kappa shape index (κ1) is 19.9. The van der Waals surface area contributed by atoms with Gasteiger partial charge in [-0.25, -0.2) is 4.79 Å². The van der Waals surface area contributed by atoms with Gasteiger partial charge in [0, 0.05) is 26.2 Å². The summed E-state index contributed by atoms with van der Waals surface area (Å²) in [6, 6.07) is 6.58. The van der Waals surface area contributed by atoms with Crippen molar-refractivity contribution in [2.45, 2.75) is 25.6 Å². The molecule has 0 saturated carbocycles. The summed E-state index contributed by atoms with van der Waals surface area (Å²) >= 11 is 0. The molecule has 1 aromatic rings. The van der Waals surface area contributed by atoms with Crippen molar-refractivity contribution in [1.82, 2.24) is 15.1 Å². The van der Waals surface area contributed by atoms with Gasteiger partial charge in [-0.1, -0.05) is 12.1 Å². The second kappa shape index (κ2) is 8.29. The van der Waals surface area contributed by atoms with Crippen LogP contribution < -0.4 is 10.1 Å². The number of nitrogens with one attached hydrogen (secondary N) is 1. The van der Waals surface area contributed by atoms with Crippen molar-refractivity contribution in [2.75, 3.05) is 33.3 Å². The Hall–Kier alpha value is -2.45. The van der Waals surface area contributed by atoms with Crippen molar-refractivity contribution in [3.8, 4) is 5.75 Å². The van der Waals surface area contributed by atoms with Crippen LogP contribution in [0.3, 0.4) is 0 Å². The molecular formula is C17H22F3N3O3. The molecule has 1 saturated heterocycles. The van der Waals surface area contributed by atoms with E-state index in [2.05, 4.69) is 5.32 Å². The topological polar surface area (TPSA) is 61.9 Å². The van der Waals surface area contributed by atoms with Gasteiger partial charge in [0.25, 0.3) is 0 Å². The molecule has 1 aliphatic rings. The highest BCUT2D eigenvalue weighted by molar-refractivity contribution is 5.82. The summed E-state index contributed by atoms with van der Waals surface area (Å²) in [5.41, 5.74) is 0.849. The number of methoxy groups -OCH3 is 1. The Bertz CT molecular complexity index is 652. The van der Waals surface area contributed by atoms with Crippen LogP contribution in [0.25, 0.3) is 0 Å². The van der Waals surface area contributed by atoms with E-state index in [1.165, 1.54) is 4.90 Å². The van der Waals surface area contributed by atoms with E-state index in [1.807, 2.05) is 19.1 Å². The van der Waals surface area contributed by atoms with Crippen LogP contribution in [0.1, 0.15) is 24.9 Å². The van der Waals surface area contributed by atoms with Crippen LogP contribution in [-0.4, -0.2) is 61.2 Å². The zero-order valence-corrected chi connectivity index (χ0v) is 14.7. The molecule has 1 unspecified atom stereocenters. The van der Waals surface area contributed by atoms with Gasteiger partial charge >= 0.3 is 18.1 Å². The molecule has 3 amide bonds. The Morgan fingerprint density at radius 2 is 1.81 bits per heavy atom. The van der Waals surface area contributed by atoms with E-state index in [0.29, 0.717) is 12.2 Å². The van der Waals surface area contributed by atoms with Crippen molar-refractivity contribution in [1.29, 1.82) is 0 Å². The lowest BCUT2D eigenvalue weighted by Gasteiger charge is -2.25. The molecule has 26 heavy (non-hydrogen) atoms. The fraction of sp³-hybridized carbons (Fsp3) is 0.529. The molecule has 6 nitrogen and oxygen atoms in total. The predicted molar refractivity (Wildman–Crippen MR) is 88.8 cm³/mol. The Morgan fingerprint density at radius 1 is 1.15 bits per heavy atom. The van der Waals surface area contributed by atoms with E-state index < -0.39 is 12.1 Å². The molecule has 1 aliphatic heterocycles. The van der Waals surface area contributed by atoms with Crippen molar-refractivity contribution in [2.24, 2.45) is 0 Å². The van der Waals surface area contributed by atoms with Crippen LogP contribution in [0.5, 0.6) is 5.75 Å². The third-order valence-corrected chi connectivity index (χ3v) is 4.25. The van der Waals surface area contributed by atoms with E-state index in [9.17, 15) is 22.8 Å². The zero-order valence-electron chi connectivity index (χ0n) is 14.7. The first-order valence-electron chi connectivity index (χ1n) is 8.28. The van der Waals surface area contributed by atoms with Crippen LogP contribution in [0.15, 0.2) is 24.3 Å². The minimum atomic E-state index is -4.89. The summed E-state index contributed by atoms with van der Waals surface area (Å²) in [6.45, 7) is 1.99. The first-order valence-corrected chi connectivity index (χ1v) is 8.28. The molecule has 1 aromatic carbocycles. The SMILES string of the molecule is COc1cccc(C(C)NC(=O)N2CCCN(C(=O)C(F)(F)F)CC2)c1. The second-order valence-electron chi connectivity index (χ2n) is 6.08. The number of nitrogens with zero attached hydrogens (tertiary/aromatic N) is 2. The Morgan fingerprint density at radius 3 is 2.46 bits per heavy atom. The quantitative estimate of drug-likeness (QED) is 0.886. The summed E-state index contributed by atoms with van der Waals surface area (Å²) in [6.07, 6.45) is -4.60. The third kappa shape index (κ3) is 5.03. The van der Waals surface area contributed by atoms with Gasteiger partial charge in [-0.05, 0) is 31.0 Å². The maximum Gasteiger partial charge on any atom is 0.471 e. The van der Waals surface area contributed by atoms with E-state index >= 15 is 0 Å². The minimum absolute atomic E-state index is 0.0203. The first-order chi connectivity index (χ1) is 12.2. The minimum Gasteiger partial charge on any atom is -0.497 e. The number of benzene rings is 1. The van der Waals surface area contributed by atoms with Gasteiger partial charge in [0.1, 0.15) is 5.75 Å². The number of rotatable bonds is 3. The maximum atomic E-state index is 12.5. The highest BCUT2D eigenvalue weighted by Crippen LogP contribution is 2.21. The van der Waals surface area contributed by atoms with Crippen molar-refractivity contribution >= 4 is 11.9 Å². The van der Waals surface area contributed by atoms with Crippen molar-refractivity contribution < 1.29 is 27.5 Å². The normalized spacial score (nSPS) is 16.7. The number of carbonyl (C=O) groups excluding carboxylic acids is 2. The molecule has 1 atom stereocenters. The molecule has 2 rings (SSSR count). The van der Waals surface area contributed by atoms with E-state index in [-0.39, 0.29) is 38.3 Å². The number of halogens is 3. The molecule has 9 heteroatoms. The number of amides is 3. The molecule has 144 valence electrons. The summed E-state index contributed by atoms with van der Waals surface area (Å²) in [4.78, 5) is 25.9. The lowest BCUT2D eigenvalue weighted by molar-refractivity contribution is -0.185. The molecule has 1 fully saturated rings. The smallest absolute Gasteiger partial charge is 0.471 e. The van der Waals surface area contributed by atoms with Gasteiger partial charge in [0.15, 0.2) is 0 Å². The highest BCUT2D eigenvalue weighted by atomic mass is 19.4. The number of hydrogen-bond donors (Lipinski definition) is 1. The molecule has 0 aromatic heterocycles. The standard InChI is InChI=1S/C17H22F3N3O3/c1-12(13-5-3-6-14(11-13)26-2)21-16(25)23-8-4-7-22(9-10-23)15(24)17(18,19)20/h3,5-6,11-12H,4,7-10H2,1-2H3,(H,21,25). The Kier molecular flexibility index (Phi) is 6.33. The number of ether oxygens (including phenoxy) is 1. The summed E-state index contributed by atoms with van der Waals surface area (Å²) in [5, 5.41) is 2.83.